The molecule has 0 aromatic heterocycles. The number of rotatable bonds is 4. The molecule has 0 spiro atoms. The average molecular weight is 363 g/mol. The van der Waals surface area contributed by atoms with E-state index in [-0.39, 0.29) is 11.9 Å². The summed E-state index contributed by atoms with van der Waals surface area (Å²) in [5, 5.41) is 4.06. The number of hydrogen-bond donors (Lipinski definition) is 1. The summed E-state index contributed by atoms with van der Waals surface area (Å²) in [4.78, 5) is 14.8. The minimum Gasteiger partial charge on any atom is -0.348 e. The van der Waals surface area contributed by atoms with Crippen molar-refractivity contribution < 1.29 is 4.79 Å². The van der Waals surface area contributed by atoms with Crippen molar-refractivity contribution >= 4 is 29.1 Å². The summed E-state index contributed by atoms with van der Waals surface area (Å²) in [5.74, 6) is -0.119. The topological polar surface area (TPSA) is 32.3 Å². The van der Waals surface area contributed by atoms with Crippen LogP contribution in [-0.2, 0) is 6.54 Å². The lowest BCUT2D eigenvalue weighted by atomic mass is 10.0. The Morgan fingerprint density at radius 3 is 2.54 bits per heavy atom. The Bertz CT molecular complexity index is 686. The van der Waals surface area contributed by atoms with Crippen LogP contribution < -0.4 is 5.32 Å². The van der Waals surface area contributed by atoms with Crippen LogP contribution in [0.1, 0.15) is 28.8 Å². The molecular formula is C19H20Cl2N2O. The van der Waals surface area contributed by atoms with Gasteiger partial charge in [-0.2, -0.15) is 0 Å². The zero-order valence-corrected chi connectivity index (χ0v) is 14.9. The number of nitrogens with one attached hydrogen (secondary N) is 1. The molecule has 1 fully saturated rings. The van der Waals surface area contributed by atoms with Crippen LogP contribution in [0.25, 0.3) is 0 Å². The molecule has 1 amide bonds. The van der Waals surface area contributed by atoms with E-state index < -0.39 is 0 Å². The van der Waals surface area contributed by atoms with Crippen LogP contribution in [0.2, 0.25) is 10.0 Å². The van der Waals surface area contributed by atoms with Crippen molar-refractivity contribution in [2.24, 2.45) is 0 Å². The van der Waals surface area contributed by atoms with E-state index in [1.54, 1.807) is 18.2 Å². The molecule has 3 nitrogen and oxygen atoms in total. The van der Waals surface area contributed by atoms with Gasteiger partial charge in [-0.3, -0.25) is 9.69 Å². The van der Waals surface area contributed by atoms with E-state index in [9.17, 15) is 4.79 Å². The molecule has 2 aromatic carbocycles. The van der Waals surface area contributed by atoms with Gasteiger partial charge in [0.15, 0.2) is 0 Å². The second-order valence-electron chi connectivity index (χ2n) is 6.19. The molecule has 0 unspecified atom stereocenters. The summed E-state index contributed by atoms with van der Waals surface area (Å²) in [6, 6.07) is 15.5. The number of carbonyl (C=O) groups is 1. The van der Waals surface area contributed by atoms with Gasteiger partial charge in [-0.05, 0) is 43.1 Å². The Morgan fingerprint density at radius 2 is 1.83 bits per heavy atom. The molecule has 1 aliphatic rings. The summed E-state index contributed by atoms with van der Waals surface area (Å²) in [7, 11) is 0. The van der Waals surface area contributed by atoms with Gasteiger partial charge in [-0.1, -0.05) is 53.5 Å². The lowest BCUT2D eigenvalue weighted by Gasteiger charge is -2.33. The van der Waals surface area contributed by atoms with Gasteiger partial charge < -0.3 is 5.32 Å². The SMILES string of the molecule is O=C(N[C@H]1CCCN(Cc2ccccc2)C1)c1cc(Cl)cc(Cl)c1. The molecule has 1 aliphatic heterocycles. The highest BCUT2D eigenvalue weighted by molar-refractivity contribution is 6.35. The van der Waals surface area contributed by atoms with Crippen molar-refractivity contribution in [1.82, 2.24) is 10.2 Å². The second-order valence-corrected chi connectivity index (χ2v) is 7.06. The highest BCUT2D eigenvalue weighted by Gasteiger charge is 2.22. The van der Waals surface area contributed by atoms with Crippen molar-refractivity contribution in [3.05, 3.63) is 69.7 Å². The van der Waals surface area contributed by atoms with E-state index in [0.717, 1.165) is 32.5 Å². The Balaban J connectivity index is 1.59. The number of benzene rings is 2. The Kier molecular flexibility index (Phi) is 5.77. The Labute approximate surface area is 152 Å². The van der Waals surface area contributed by atoms with E-state index in [2.05, 4.69) is 34.5 Å². The molecule has 126 valence electrons. The van der Waals surface area contributed by atoms with Gasteiger partial charge in [-0.25, -0.2) is 0 Å². The first kappa shape index (κ1) is 17.3. The molecule has 0 radical (unpaired) electrons. The highest BCUT2D eigenvalue weighted by atomic mass is 35.5. The van der Waals surface area contributed by atoms with Gasteiger partial charge in [-0.15, -0.1) is 0 Å². The van der Waals surface area contributed by atoms with E-state index in [0.29, 0.717) is 15.6 Å². The van der Waals surface area contributed by atoms with Crippen molar-refractivity contribution in [2.45, 2.75) is 25.4 Å². The minimum atomic E-state index is -0.119. The maximum Gasteiger partial charge on any atom is 0.251 e. The molecule has 0 aliphatic carbocycles. The largest absolute Gasteiger partial charge is 0.348 e. The molecule has 1 heterocycles. The maximum atomic E-state index is 12.4. The van der Waals surface area contributed by atoms with Gasteiger partial charge in [0.1, 0.15) is 0 Å². The molecule has 5 heteroatoms. The lowest BCUT2D eigenvalue weighted by molar-refractivity contribution is 0.0901. The number of piperidine rings is 1. The lowest BCUT2D eigenvalue weighted by Crippen LogP contribution is -2.47. The molecule has 1 saturated heterocycles. The van der Waals surface area contributed by atoms with Crippen LogP contribution in [0, 0.1) is 0 Å². The summed E-state index contributed by atoms with van der Waals surface area (Å²) in [5.41, 5.74) is 1.80. The van der Waals surface area contributed by atoms with E-state index in [1.807, 2.05) is 6.07 Å². The average Bonchev–Trinajstić information content (AvgIpc) is 2.55. The fourth-order valence-electron chi connectivity index (χ4n) is 3.11. The van der Waals surface area contributed by atoms with Crippen LogP contribution in [0.5, 0.6) is 0 Å². The zero-order chi connectivity index (χ0) is 16.9. The Hall–Kier alpha value is -1.55. The summed E-state index contributed by atoms with van der Waals surface area (Å²) >= 11 is 12.0. The molecular weight excluding hydrogens is 343 g/mol. The van der Waals surface area contributed by atoms with Crippen molar-refractivity contribution in [3.8, 4) is 0 Å². The zero-order valence-electron chi connectivity index (χ0n) is 13.3. The molecule has 2 aromatic rings. The predicted octanol–water partition coefficient (Wildman–Crippen LogP) is 4.39. The fraction of sp³-hybridized carbons (Fsp3) is 0.316. The fourth-order valence-corrected chi connectivity index (χ4v) is 3.64. The van der Waals surface area contributed by atoms with E-state index in [4.69, 9.17) is 23.2 Å². The number of hydrogen-bond acceptors (Lipinski definition) is 2. The minimum absolute atomic E-state index is 0.119. The molecule has 24 heavy (non-hydrogen) atoms. The number of nitrogens with zero attached hydrogens (tertiary/aromatic N) is 1. The maximum absolute atomic E-state index is 12.4. The number of amides is 1. The number of halogens is 2. The van der Waals surface area contributed by atoms with E-state index in [1.165, 1.54) is 5.56 Å². The van der Waals surface area contributed by atoms with Gasteiger partial charge in [0.05, 0.1) is 0 Å². The van der Waals surface area contributed by atoms with E-state index >= 15 is 0 Å². The smallest absolute Gasteiger partial charge is 0.251 e. The third-order valence-electron chi connectivity index (χ3n) is 4.21. The quantitative estimate of drug-likeness (QED) is 0.874. The third kappa shape index (κ3) is 4.73. The van der Waals surface area contributed by atoms with Crippen LogP contribution in [0.4, 0.5) is 0 Å². The van der Waals surface area contributed by atoms with Gasteiger partial charge in [0.2, 0.25) is 0 Å². The molecule has 3 rings (SSSR count). The second kappa shape index (κ2) is 8.02. The first-order valence-corrected chi connectivity index (χ1v) is 8.89. The first-order chi connectivity index (χ1) is 11.6. The Morgan fingerprint density at radius 1 is 1.12 bits per heavy atom. The predicted molar refractivity (Wildman–Crippen MR) is 98.7 cm³/mol. The van der Waals surface area contributed by atoms with Gasteiger partial charge in [0, 0.05) is 34.7 Å². The summed E-state index contributed by atoms with van der Waals surface area (Å²) in [6.07, 6.45) is 2.07. The first-order valence-electron chi connectivity index (χ1n) is 8.13. The van der Waals surface area contributed by atoms with Crippen LogP contribution in [0.3, 0.4) is 0 Å². The van der Waals surface area contributed by atoms with Crippen molar-refractivity contribution in [1.29, 1.82) is 0 Å². The molecule has 0 saturated carbocycles. The van der Waals surface area contributed by atoms with Crippen molar-refractivity contribution in [2.75, 3.05) is 13.1 Å². The monoisotopic (exact) mass is 362 g/mol. The molecule has 1 N–H and O–H groups in total. The van der Waals surface area contributed by atoms with Gasteiger partial charge in [0.25, 0.3) is 5.91 Å². The standard InChI is InChI=1S/C19H20Cl2N2O/c20-16-9-15(10-17(21)11-16)19(24)22-18-7-4-8-23(13-18)12-14-5-2-1-3-6-14/h1-3,5-6,9-11,18H,4,7-8,12-13H2,(H,22,24)/t18-/m0/s1. The number of likely N-dealkylation sites (tertiary alicyclic amines) is 1. The number of carbonyl (C=O) groups excluding carboxylic acids is 1. The van der Waals surface area contributed by atoms with Crippen LogP contribution >= 0.6 is 23.2 Å². The highest BCUT2D eigenvalue weighted by Crippen LogP contribution is 2.20. The molecule has 0 bridgehead atoms. The van der Waals surface area contributed by atoms with Gasteiger partial charge >= 0.3 is 0 Å². The van der Waals surface area contributed by atoms with Crippen molar-refractivity contribution in [3.63, 3.8) is 0 Å². The molecule has 1 atom stereocenters. The summed E-state index contributed by atoms with van der Waals surface area (Å²) < 4.78 is 0. The normalized spacial score (nSPS) is 18.3. The summed E-state index contributed by atoms with van der Waals surface area (Å²) in [6.45, 7) is 2.83. The third-order valence-corrected chi connectivity index (χ3v) is 4.65. The van der Waals surface area contributed by atoms with Crippen LogP contribution in [0.15, 0.2) is 48.5 Å². The van der Waals surface area contributed by atoms with Crippen LogP contribution in [-0.4, -0.2) is 29.9 Å².